The molecule has 0 aliphatic carbocycles. The fourth-order valence-electron chi connectivity index (χ4n) is 0.599. The van der Waals surface area contributed by atoms with E-state index in [1.807, 2.05) is 0 Å². The van der Waals surface area contributed by atoms with Crippen LogP contribution in [0.5, 0.6) is 0 Å². The third-order valence-corrected chi connectivity index (χ3v) is 1.37. The van der Waals surface area contributed by atoms with Gasteiger partial charge in [0.25, 0.3) is 0 Å². The molecule has 1 heterocycles. The van der Waals surface area contributed by atoms with Gasteiger partial charge in [-0.3, -0.25) is 0 Å². The van der Waals surface area contributed by atoms with Gasteiger partial charge in [0.15, 0.2) is 11.3 Å². The highest BCUT2D eigenvalue weighted by Gasteiger charge is 2.17. The first kappa shape index (κ1) is 8.89. The van der Waals surface area contributed by atoms with Crippen LogP contribution in [0.2, 0.25) is 5.15 Å². The van der Waals surface area contributed by atoms with Crippen LogP contribution in [-0.2, 0) is 4.79 Å². The number of hydrogen-bond donors (Lipinski definition) is 2. The molecule has 2 N–H and O–H groups in total. The van der Waals surface area contributed by atoms with Gasteiger partial charge in [-0.15, -0.1) is 5.10 Å². The zero-order valence-corrected chi connectivity index (χ0v) is 6.56. The maximum Gasteiger partial charge on any atom is 0.338 e. The summed E-state index contributed by atoms with van der Waals surface area (Å²) in [5.74, 6) is -1.37. The number of rotatable bonds is 2. The summed E-state index contributed by atoms with van der Waals surface area (Å²) in [7, 11) is 0. The SMILES string of the molecule is O=C(O)C(O)c1ccc(Cl)nn1. The van der Waals surface area contributed by atoms with E-state index >= 15 is 0 Å². The van der Waals surface area contributed by atoms with Crippen LogP contribution in [0.1, 0.15) is 11.8 Å². The molecule has 1 rings (SSSR count). The summed E-state index contributed by atoms with van der Waals surface area (Å²) in [5, 5.41) is 24.2. The fourth-order valence-corrected chi connectivity index (χ4v) is 0.699. The molecule has 1 unspecified atom stereocenters. The van der Waals surface area contributed by atoms with Crippen molar-refractivity contribution in [2.24, 2.45) is 0 Å². The molecule has 0 radical (unpaired) electrons. The Bertz CT molecular complexity index is 287. The van der Waals surface area contributed by atoms with Crippen LogP contribution in [-0.4, -0.2) is 26.4 Å². The Balaban J connectivity index is 2.89. The van der Waals surface area contributed by atoms with Gasteiger partial charge >= 0.3 is 5.97 Å². The number of carboxylic acids is 1. The van der Waals surface area contributed by atoms with Gasteiger partial charge in [0.1, 0.15) is 5.69 Å². The maximum absolute atomic E-state index is 10.2. The molecule has 0 aliphatic rings. The average Bonchev–Trinajstić information content (AvgIpc) is 2.04. The predicted octanol–water partition coefficient (Wildman–Crippen LogP) is 0.248. The zero-order valence-electron chi connectivity index (χ0n) is 5.81. The first-order valence-corrected chi connectivity index (χ1v) is 3.39. The van der Waals surface area contributed by atoms with E-state index < -0.39 is 12.1 Å². The smallest absolute Gasteiger partial charge is 0.338 e. The van der Waals surface area contributed by atoms with Crippen LogP contribution in [0.25, 0.3) is 0 Å². The molecule has 1 aromatic heterocycles. The van der Waals surface area contributed by atoms with Gasteiger partial charge in [-0.05, 0) is 12.1 Å². The van der Waals surface area contributed by atoms with Crippen molar-refractivity contribution in [2.75, 3.05) is 0 Å². The summed E-state index contributed by atoms with van der Waals surface area (Å²) in [6, 6.07) is 2.66. The van der Waals surface area contributed by atoms with Crippen LogP contribution < -0.4 is 0 Å². The molecule has 64 valence electrons. The summed E-state index contributed by atoms with van der Waals surface area (Å²) in [4.78, 5) is 10.2. The Hall–Kier alpha value is -1.20. The minimum absolute atomic E-state index is 0.0353. The molecule has 0 spiro atoms. The molecule has 0 aromatic carbocycles. The molecule has 1 aromatic rings. The molecule has 12 heavy (non-hydrogen) atoms. The number of nitrogens with zero attached hydrogens (tertiary/aromatic N) is 2. The van der Waals surface area contributed by atoms with E-state index in [0.29, 0.717) is 0 Å². The number of halogens is 1. The van der Waals surface area contributed by atoms with E-state index in [1.54, 1.807) is 0 Å². The monoisotopic (exact) mass is 188 g/mol. The fraction of sp³-hybridized carbons (Fsp3) is 0.167. The van der Waals surface area contributed by atoms with Gasteiger partial charge in [-0.2, -0.15) is 5.10 Å². The Kier molecular flexibility index (Phi) is 2.57. The molecule has 0 fully saturated rings. The highest BCUT2D eigenvalue weighted by atomic mass is 35.5. The number of carboxylic acid groups (broad SMARTS) is 1. The third-order valence-electron chi connectivity index (χ3n) is 1.17. The molecule has 0 saturated heterocycles. The van der Waals surface area contributed by atoms with Crippen LogP contribution >= 0.6 is 11.6 Å². The molecule has 0 saturated carbocycles. The average molecular weight is 189 g/mol. The Morgan fingerprint density at radius 2 is 2.17 bits per heavy atom. The molecular weight excluding hydrogens is 184 g/mol. The van der Waals surface area contributed by atoms with Crippen molar-refractivity contribution in [3.63, 3.8) is 0 Å². The van der Waals surface area contributed by atoms with Crippen LogP contribution in [0.15, 0.2) is 12.1 Å². The maximum atomic E-state index is 10.2. The van der Waals surface area contributed by atoms with E-state index in [9.17, 15) is 4.79 Å². The minimum atomic E-state index is -1.64. The first-order valence-electron chi connectivity index (χ1n) is 3.01. The topological polar surface area (TPSA) is 83.3 Å². The predicted molar refractivity (Wildman–Crippen MR) is 39.6 cm³/mol. The summed E-state index contributed by atoms with van der Waals surface area (Å²) >= 11 is 5.39. The standard InChI is InChI=1S/C6H5ClN2O3/c7-4-2-1-3(8-9-4)5(10)6(11)12/h1-2,5,10H,(H,11,12). The number of aliphatic hydroxyl groups excluding tert-OH is 1. The van der Waals surface area contributed by atoms with E-state index in [4.69, 9.17) is 21.8 Å². The van der Waals surface area contributed by atoms with Gasteiger partial charge < -0.3 is 10.2 Å². The molecule has 6 heteroatoms. The quantitative estimate of drug-likeness (QED) is 0.695. The lowest BCUT2D eigenvalue weighted by Crippen LogP contribution is -2.12. The lowest BCUT2D eigenvalue weighted by Gasteiger charge is -2.01. The van der Waals surface area contributed by atoms with Crippen molar-refractivity contribution in [3.8, 4) is 0 Å². The second kappa shape index (κ2) is 3.46. The van der Waals surface area contributed by atoms with Gasteiger partial charge in [-0.1, -0.05) is 11.6 Å². The summed E-state index contributed by atoms with van der Waals surface area (Å²) in [6.45, 7) is 0. The summed E-state index contributed by atoms with van der Waals surface area (Å²) < 4.78 is 0. The number of hydrogen-bond acceptors (Lipinski definition) is 4. The van der Waals surface area contributed by atoms with Crippen LogP contribution in [0.3, 0.4) is 0 Å². The van der Waals surface area contributed by atoms with E-state index in [-0.39, 0.29) is 10.8 Å². The van der Waals surface area contributed by atoms with Crippen LogP contribution in [0, 0.1) is 0 Å². The Morgan fingerprint density at radius 3 is 2.58 bits per heavy atom. The van der Waals surface area contributed by atoms with Gasteiger partial charge in [0, 0.05) is 0 Å². The molecule has 5 nitrogen and oxygen atoms in total. The van der Waals surface area contributed by atoms with Crippen molar-refractivity contribution in [1.82, 2.24) is 10.2 Å². The van der Waals surface area contributed by atoms with Crippen LogP contribution in [0.4, 0.5) is 0 Å². The van der Waals surface area contributed by atoms with E-state index in [1.165, 1.54) is 12.1 Å². The Labute approximate surface area is 72.6 Å². The van der Waals surface area contributed by atoms with Crippen molar-refractivity contribution < 1.29 is 15.0 Å². The van der Waals surface area contributed by atoms with E-state index in [0.717, 1.165) is 0 Å². The second-order valence-electron chi connectivity index (χ2n) is 2.02. The molecule has 0 amide bonds. The van der Waals surface area contributed by atoms with E-state index in [2.05, 4.69) is 10.2 Å². The molecule has 0 bridgehead atoms. The number of aliphatic carboxylic acids is 1. The second-order valence-corrected chi connectivity index (χ2v) is 2.41. The summed E-state index contributed by atoms with van der Waals surface area (Å²) in [6.07, 6.45) is -1.64. The Morgan fingerprint density at radius 1 is 1.50 bits per heavy atom. The zero-order chi connectivity index (χ0) is 9.14. The lowest BCUT2D eigenvalue weighted by atomic mass is 10.2. The molecule has 1 atom stereocenters. The van der Waals surface area contributed by atoms with Crippen molar-refractivity contribution in [2.45, 2.75) is 6.10 Å². The molecular formula is C6H5ClN2O3. The number of aromatic nitrogens is 2. The van der Waals surface area contributed by atoms with Crippen molar-refractivity contribution in [1.29, 1.82) is 0 Å². The highest BCUT2D eigenvalue weighted by Crippen LogP contribution is 2.10. The van der Waals surface area contributed by atoms with Crippen molar-refractivity contribution in [3.05, 3.63) is 23.0 Å². The number of aliphatic hydroxyl groups is 1. The van der Waals surface area contributed by atoms with Gasteiger partial charge in [0.05, 0.1) is 0 Å². The lowest BCUT2D eigenvalue weighted by molar-refractivity contribution is -0.147. The highest BCUT2D eigenvalue weighted by molar-refractivity contribution is 6.29. The van der Waals surface area contributed by atoms with Crippen molar-refractivity contribution >= 4 is 17.6 Å². The molecule has 0 aliphatic heterocycles. The largest absolute Gasteiger partial charge is 0.479 e. The van der Waals surface area contributed by atoms with Gasteiger partial charge in [0.2, 0.25) is 0 Å². The minimum Gasteiger partial charge on any atom is -0.479 e. The van der Waals surface area contributed by atoms with Gasteiger partial charge in [-0.25, -0.2) is 4.79 Å². The normalized spacial score (nSPS) is 12.5. The third kappa shape index (κ3) is 1.90. The first-order chi connectivity index (χ1) is 5.61. The number of carbonyl (C=O) groups is 1. The summed E-state index contributed by atoms with van der Waals surface area (Å²) in [5.41, 5.74) is -0.0353.